The highest BCUT2D eigenvalue weighted by Crippen LogP contribution is 2.37. The van der Waals surface area contributed by atoms with Crippen LogP contribution in [0, 0.1) is 0 Å². The van der Waals surface area contributed by atoms with Gasteiger partial charge < -0.3 is 15.0 Å². The monoisotopic (exact) mass is 304 g/mol. The van der Waals surface area contributed by atoms with Crippen LogP contribution in [0.2, 0.25) is 0 Å². The third-order valence-electron chi connectivity index (χ3n) is 4.24. The number of alkyl carbamates (subject to hydrolysis) is 1. The lowest BCUT2D eigenvalue weighted by atomic mass is 9.98. The number of carbonyl (C=O) groups is 1. The second-order valence-corrected chi connectivity index (χ2v) is 7.16. The molecule has 0 aromatic carbocycles. The Balaban J connectivity index is 1.62. The van der Waals surface area contributed by atoms with Gasteiger partial charge in [0.2, 0.25) is 5.95 Å². The first kappa shape index (κ1) is 15.1. The van der Waals surface area contributed by atoms with Crippen molar-refractivity contribution in [1.82, 2.24) is 15.3 Å². The molecule has 2 saturated heterocycles. The van der Waals surface area contributed by atoms with Crippen molar-refractivity contribution in [3.63, 3.8) is 0 Å². The topological polar surface area (TPSA) is 67.3 Å². The minimum atomic E-state index is -0.457. The van der Waals surface area contributed by atoms with Crippen LogP contribution < -0.4 is 10.2 Å². The van der Waals surface area contributed by atoms with Gasteiger partial charge in [0.15, 0.2) is 0 Å². The van der Waals surface area contributed by atoms with Crippen LogP contribution in [0.3, 0.4) is 0 Å². The number of hydrogen-bond donors (Lipinski definition) is 1. The molecule has 2 aliphatic heterocycles. The number of carbonyl (C=O) groups excluding carboxylic acids is 1. The van der Waals surface area contributed by atoms with Crippen molar-refractivity contribution in [3.05, 3.63) is 18.5 Å². The van der Waals surface area contributed by atoms with Gasteiger partial charge in [0.1, 0.15) is 5.60 Å². The van der Waals surface area contributed by atoms with Crippen LogP contribution in [0.15, 0.2) is 18.5 Å². The Morgan fingerprint density at radius 2 is 1.82 bits per heavy atom. The van der Waals surface area contributed by atoms with Crippen LogP contribution >= 0.6 is 0 Å². The molecule has 0 spiro atoms. The molecule has 2 atom stereocenters. The number of hydrogen-bond acceptors (Lipinski definition) is 5. The molecule has 0 saturated carbocycles. The molecule has 0 aliphatic carbocycles. The van der Waals surface area contributed by atoms with Gasteiger partial charge in [0.25, 0.3) is 0 Å². The average molecular weight is 304 g/mol. The molecule has 3 rings (SSSR count). The molecule has 2 fully saturated rings. The molecular formula is C16H24N4O2. The lowest BCUT2D eigenvalue weighted by molar-refractivity contribution is 0.0492. The fourth-order valence-corrected chi connectivity index (χ4v) is 3.52. The molecule has 0 radical (unpaired) electrons. The summed E-state index contributed by atoms with van der Waals surface area (Å²) in [6.45, 7) is 5.64. The van der Waals surface area contributed by atoms with E-state index in [0.29, 0.717) is 12.1 Å². The van der Waals surface area contributed by atoms with E-state index in [1.54, 1.807) is 12.4 Å². The molecule has 22 heavy (non-hydrogen) atoms. The first-order valence-electron chi connectivity index (χ1n) is 7.97. The van der Waals surface area contributed by atoms with E-state index in [1.807, 2.05) is 26.8 Å². The zero-order valence-electron chi connectivity index (χ0n) is 13.5. The maximum absolute atomic E-state index is 11.9. The van der Waals surface area contributed by atoms with E-state index in [0.717, 1.165) is 31.6 Å². The quantitative estimate of drug-likeness (QED) is 0.909. The molecule has 3 heterocycles. The molecule has 1 amide bonds. The smallest absolute Gasteiger partial charge is 0.407 e. The van der Waals surface area contributed by atoms with Gasteiger partial charge >= 0.3 is 6.09 Å². The van der Waals surface area contributed by atoms with E-state index in [2.05, 4.69) is 20.2 Å². The summed E-state index contributed by atoms with van der Waals surface area (Å²) in [6.07, 6.45) is 7.37. The highest BCUT2D eigenvalue weighted by molar-refractivity contribution is 5.68. The Hall–Kier alpha value is -1.85. The van der Waals surface area contributed by atoms with Crippen molar-refractivity contribution in [1.29, 1.82) is 0 Å². The van der Waals surface area contributed by atoms with Gasteiger partial charge in [-0.15, -0.1) is 0 Å². The maximum atomic E-state index is 11.9. The zero-order valence-corrected chi connectivity index (χ0v) is 13.5. The first-order valence-corrected chi connectivity index (χ1v) is 7.97. The van der Waals surface area contributed by atoms with Crippen LogP contribution in [0.5, 0.6) is 0 Å². The van der Waals surface area contributed by atoms with E-state index < -0.39 is 5.60 Å². The lowest BCUT2D eigenvalue weighted by Crippen LogP contribution is -2.51. The Morgan fingerprint density at radius 3 is 2.36 bits per heavy atom. The van der Waals surface area contributed by atoms with Crippen LogP contribution in [0.25, 0.3) is 0 Å². The number of anilines is 1. The SMILES string of the molecule is CC(C)(C)OC(=O)NC1CC2CCC(C1)N2c1ncccn1. The Kier molecular flexibility index (Phi) is 3.93. The Bertz CT molecular complexity index is 515. The Labute approximate surface area is 131 Å². The average Bonchev–Trinajstić information content (AvgIpc) is 2.69. The van der Waals surface area contributed by atoms with Gasteiger partial charge in [-0.25, -0.2) is 14.8 Å². The van der Waals surface area contributed by atoms with Gasteiger partial charge in [0, 0.05) is 30.5 Å². The normalized spacial score (nSPS) is 27.6. The number of ether oxygens (including phenoxy) is 1. The van der Waals surface area contributed by atoms with Crippen molar-refractivity contribution in [2.24, 2.45) is 0 Å². The van der Waals surface area contributed by atoms with Crippen molar-refractivity contribution in [2.75, 3.05) is 4.90 Å². The van der Waals surface area contributed by atoms with Crippen molar-refractivity contribution in [2.45, 2.75) is 70.2 Å². The molecule has 2 bridgehead atoms. The fraction of sp³-hybridized carbons (Fsp3) is 0.688. The van der Waals surface area contributed by atoms with Gasteiger partial charge in [0.05, 0.1) is 0 Å². The molecule has 2 unspecified atom stereocenters. The zero-order chi connectivity index (χ0) is 15.7. The van der Waals surface area contributed by atoms with Gasteiger partial charge in [-0.3, -0.25) is 0 Å². The molecule has 120 valence electrons. The summed E-state index contributed by atoms with van der Waals surface area (Å²) < 4.78 is 5.35. The summed E-state index contributed by atoms with van der Waals surface area (Å²) in [5.41, 5.74) is -0.457. The molecule has 6 nitrogen and oxygen atoms in total. The van der Waals surface area contributed by atoms with Crippen LogP contribution in [0.1, 0.15) is 46.5 Å². The maximum Gasteiger partial charge on any atom is 0.407 e. The van der Waals surface area contributed by atoms with Crippen LogP contribution in [-0.4, -0.2) is 39.8 Å². The van der Waals surface area contributed by atoms with E-state index in [1.165, 1.54) is 0 Å². The van der Waals surface area contributed by atoms with Crippen LogP contribution in [-0.2, 0) is 4.74 Å². The molecule has 6 heteroatoms. The summed E-state index contributed by atoms with van der Waals surface area (Å²) in [7, 11) is 0. The second-order valence-electron chi connectivity index (χ2n) is 7.16. The standard InChI is InChI=1S/C16H24N4O2/c1-16(2,3)22-15(21)19-11-9-12-5-6-13(10-11)20(12)14-17-7-4-8-18-14/h4,7-8,11-13H,5-6,9-10H2,1-3H3,(H,19,21). The largest absolute Gasteiger partial charge is 0.444 e. The lowest BCUT2D eigenvalue weighted by Gasteiger charge is -2.39. The third kappa shape index (κ3) is 3.31. The number of amides is 1. The first-order chi connectivity index (χ1) is 10.4. The van der Waals surface area contributed by atoms with Crippen molar-refractivity contribution < 1.29 is 9.53 Å². The number of aromatic nitrogens is 2. The second kappa shape index (κ2) is 5.74. The molecule has 1 N–H and O–H groups in total. The summed E-state index contributed by atoms with van der Waals surface area (Å²) in [5, 5.41) is 3.02. The van der Waals surface area contributed by atoms with Gasteiger partial charge in [-0.1, -0.05) is 0 Å². The number of rotatable bonds is 2. The van der Waals surface area contributed by atoms with Crippen LogP contribution in [0.4, 0.5) is 10.7 Å². The van der Waals surface area contributed by atoms with Gasteiger partial charge in [-0.2, -0.15) is 0 Å². The third-order valence-corrected chi connectivity index (χ3v) is 4.24. The number of fused-ring (bicyclic) bond motifs is 2. The fourth-order valence-electron chi connectivity index (χ4n) is 3.52. The molecule has 1 aromatic heterocycles. The van der Waals surface area contributed by atoms with Crippen molar-refractivity contribution in [3.8, 4) is 0 Å². The predicted molar refractivity (Wildman–Crippen MR) is 83.7 cm³/mol. The summed E-state index contributed by atoms with van der Waals surface area (Å²) in [5.74, 6) is 0.811. The van der Waals surface area contributed by atoms with Crippen molar-refractivity contribution >= 4 is 12.0 Å². The highest BCUT2D eigenvalue weighted by atomic mass is 16.6. The summed E-state index contributed by atoms with van der Waals surface area (Å²) in [4.78, 5) is 23.0. The molecular weight excluding hydrogens is 280 g/mol. The summed E-state index contributed by atoms with van der Waals surface area (Å²) in [6, 6.07) is 2.82. The number of nitrogens with one attached hydrogen (secondary N) is 1. The molecule has 2 aliphatic rings. The van der Waals surface area contributed by atoms with E-state index in [-0.39, 0.29) is 12.1 Å². The van der Waals surface area contributed by atoms with Gasteiger partial charge in [-0.05, 0) is 52.5 Å². The minimum Gasteiger partial charge on any atom is -0.444 e. The Morgan fingerprint density at radius 1 is 1.23 bits per heavy atom. The molecule has 1 aromatic rings. The summed E-state index contributed by atoms with van der Waals surface area (Å²) >= 11 is 0. The van der Waals surface area contributed by atoms with E-state index in [9.17, 15) is 4.79 Å². The number of nitrogens with zero attached hydrogens (tertiary/aromatic N) is 3. The highest BCUT2D eigenvalue weighted by Gasteiger charge is 2.42. The minimum absolute atomic E-state index is 0.173. The van der Waals surface area contributed by atoms with E-state index >= 15 is 0 Å². The predicted octanol–water partition coefficient (Wildman–Crippen LogP) is 2.50. The van der Waals surface area contributed by atoms with E-state index in [4.69, 9.17) is 4.74 Å². The number of piperidine rings is 1.